The van der Waals surface area contributed by atoms with Gasteiger partial charge in [0.15, 0.2) is 0 Å². The average molecular weight is 301 g/mol. The minimum Gasteiger partial charge on any atom is -0.353 e. The van der Waals surface area contributed by atoms with E-state index in [1.54, 1.807) is 0 Å². The first-order valence-electron chi connectivity index (χ1n) is 8.74. The molecule has 0 spiro atoms. The fourth-order valence-electron chi connectivity index (χ4n) is 3.70. The van der Waals surface area contributed by atoms with Crippen molar-refractivity contribution in [1.29, 1.82) is 0 Å². The van der Waals surface area contributed by atoms with Crippen LogP contribution < -0.4 is 5.32 Å². The summed E-state index contributed by atoms with van der Waals surface area (Å²) < 4.78 is 0. The lowest BCUT2D eigenvalue weighted by Gasteiger charge is -2.33. The normalized spacial score (nSPS) is 24.1. The van der Waals surface area contributed by atoms with Crippen molar-refractivity contribution in [3.8, 4) is 0 Å². The van der Waals surface area contributed by atoms with Crippen molar-refractivity contribution in [3.63, 3.8) is 0 Å². The van der Waals surface area contributed by atoms with Gasteiger partial charge in [-0.3, -0.25) is 14.7 Å². The first kappa shape index (κ1) is 15.5. The molecule has 1 aromatic rings. The molecule has 120 valence electrons. The molecular formula is C18H27N3O. The molecule has 1 saturated heterocycles. The smallest absolute Gasteiger partial charge is 0.224 e. The summed E-state index contributed by atoms with van der Waals surface area (Å²) in [6, 6.07) is 6.46. The number of carbonyl (C=O) groups is 1. The standard InChI is InChI=1S/C18H27N3O/c22-18(20-16-8-2-1-3-9-16)15-7-6-12-21(13-15)14-17-10-4-5-11-19-17/h4-5,10-11,15-16H,1-3,6-9,12-14H2,(H,20,22). The molecule has 2 aliphatic rings. The highest BCUT2D eigenvalue weighted by molar-refractivity contribution is 5.79. The van der Waals surface area contributed by atoms with Gasteiger partial charge in [-0.05, 0) is 44.4 Å². The third-order valence-corrected chi connectivity index (χ3v) is 4.94. The molecule has 1 unspecified atom stereocenters. The first-order chi connectivity index (χ1) is 10.8. The molecule has 0 aromatic carbocycles. The molecule has 1 amide bonds. The topological polar surface area (TPSA) is 45.2 Å². The molecule has 0 radical (unpaired) electrons. The van der Waals surface area contributed by atoms with Crippen LogP contribution in [-0.2, 0) is 11.3 Å². The number of piperidine rings is 1. The number of nitrogens with zero attached hydrogens (tertiary/aromatic N) is 2. The molecule has 1 aliphatic heterocycles. The number of hydrogen-bond donors (Lipinski definition) is 1. The molecule has 1 saturated carbocycles. The SMILES string of the molecule is O=C(NC1CCCCC1)C1CCCN(Cc2ccccn2)C1. The van der Waals surface area contributed by atoms with E-state index >= 15 is 0 Å². The van der Waals surface area contributed by atoms with E-state index in [0.29, 0.717) is 6.04 Å². The lowest BCUT2D eigenvalue weighted by Crippen LogP contribution is -2.46. The van der Waals surface area contributed by atoms with Crippen molar-refractivity contribution in [2.45, 2.75) is 57.5 Å². The number of likely N-dealkylation sites (tertiary alicyclic amines) is 1. The maximum Gasteiger partial charge on any atom is 0.224 e. The lowest BCUT2D eigenvalue weighted by atomic mass is 9.93. The molecule has 1 aliphatic carbocycles. The number of carbonyl (C=O) groups excluding carboxylic acids is 1. The van der Waals surface area contributed by atoms with Gasteiger partial charge >= 0.3 is 0 Å². The Hall–Kier alpha value is -1.42. The van der Waals surface area contributed by atoms with Crippen LogP contribution in [0.15, 0.2) is 24.4 Å². The second kappa shape index (κ2) is 7.73. The number of pyridine rings is 1. The highest BCUT2D eigenvalue weighted by Crippen LogP contribution is 2.21. The number of nitrogens with one attached hydrogen (secondary N) is 1. The zero-order chi connectivity index (χ0) is 15.2. The highest BCUT2D eigenvalue weighted by atomic mass is 16.2. The summed E-state index contributed by atoms with van der Waals surface area (Å²) in [5.74, 6) is 0.428. The summed E-state index contributed by atoms with van der Waals surface area (Å²) in [5.41, 5.74) is 1.09. The van der Waals surface area contributed by atoms with Crippen molar-refractivity contribution >= 4 is 5.91 Å². The molecule has 1 N–H and O–H groups in total. The molecule has 22 heavy (non-hydrogen) atoms. The largest absolute Gasteiger partial charge is 0.353 e. The maximum atomic E-state index is 12.5. The molecule has 1 aromatic heterocycles. The van der Waals surface area contributed by atoms with Gasteiger partial charge in [-0.15, -0.1) is 0 Å². The summed E-state index contributed by atoms with van der Waals surface area (Å²) in [6.07, 6.45) is 10.2. The van der Waals surface area contributed by atoms with Crippen molar-refractivity contribution in [2.75, 3.05) is 13.1 Å². The van der Waals surface area contributed by atoms with Crippen LogP contribution in [0.1, 0.15) is 50.6 Å². The fourth-order valence-corrected chi connectivity index (χ4v) is 3.70. The van der Waals surface area contributed by atoms with Crippen molar-refractivity contribution < 1.29 is 4.79 Å². The molecule has 2 heterocycles. The van der Waals surface area contributed by atoms with E-state index in [2.05, 4.69) is 21.3 Å². The maximum absolute atomic E-state index is 12.5. The predicted octanol–water partition coefficient (Wildman–Crippen LogP) is 2.74. The second-order valence-electron chi connectivity index (χ2n) is 6.74. The third-order valence-electron chi connectivity index (χ3n) is 4.94. The minimum atomic E-state index is 0.152. The summed E-state index contributed by atoms with van der Waals surface area (Å²) in [5, 5.41) is 3.29. The van der Waals surface area contributed by atoms with E-state index in [-0.39, 0.29) is 11.8 Å². The lowest BCUT2D eigenvalue weighted by molar-refractivity contribution is -0.127. The van der Waals surface area contributed by atoms with Crippen LogP contribution in [-0.4, -0.2) is 34.9 Å². The van der Waals surface area contributed by atoms with Crippen LogP contribution in [0, 0.1) is 5.92 Å². The van der Waals surface area contributed by atoms with Gasteiger partial charge in [-0.1, -0.05) is 25.3 Å². The van der Waals surface area contributed by atoms with Gasteiger partial charge in [0, 0.05) is 25.3 Å². The Labute approximate surface area is 133 Å². The van der Waals surface area contributed by atoms with E-state index in [4.69, 9.17) is 0 Å². The van der Waals surface area contributed by atoms with Gasteiger partial charge in [0.25, 0.3) is 0 Å². The zero-order valence-corrected chi connectivity index (χ0v) is 13.3. The molecule has 4 nitrogen and oxygen atoms in total. The van der Waals surface area contributed by atoms with Crippen LogP contribution >= 0.6 is 0 Å². The Bertz CT molecular complexity index is 470. The molecule has 0 bridgehead atoms. The Balaban J connectivity index is 1.50. The van der Waals surface area contributed by atoms with Gasteiger partial charge in [0.2, 0.25) is 5.91 Å². The molecule has 1 atom stereocenters. The summed E-state index contributed by atoms with van der Waals surface area (Å²) >= 11 is 0. The van der Waals surface area contributed by atoms with Crippen LogP contribution in [0.2, 0.25) is 0 Å². The van der Waals surface area contributed by atoms with Crippen LogP contribution in [0.25, 0.3) is 0 Å². The van der Waals surface area contributed by atoms with Crippen LogP contribution in [0.3, 0.4) is 0 Å². The van der Waals surface area contributed by atoms with E-state index in [1.165, 1.54) is 19.3 Å². The third kappa shape index (κ3) is 4.29. The monoisotopic (exact) mass is 301 g/mol. The molecule has 3 rings (SSSR count). The van der Waals surface area contributed by atoms with E-state index < -0.39 is 0 Å². The Morgan fingerprint density at radius 1 is 1.18 bits per heavy atom. The van der Waals surface area contributed by atoms with Gasteiger partial charge < -0.3 is 5.32 Å². The summed E-state index contributed by atoms with van der Waals surface area (Å²) in [7, 11) is 0. The van der Waals surface area contributed by atoms with E-state index in [1.807, 2.05) is 18.3 Å². The Morgan fingerprint density at radius 2 is 2.05 bits per heavy atom. The van der Waals surface area contributed by atoms with Crippen LogP contribution in [0.4, 0.5) is 0 Å². The fraction of sp³-hybridized carbons (Fsp3) is 0.667. The van der Waals surface area contributed by atoms with Gasteiger partial charge in [0.05, 0.1) is 11.6 Å². The van der Waals surface area contributed by atoms with Gasteiger partial charge in [-0.25, -0.2) is 0 Å². The Morgan fingerprint density at radius 3 is 2.82 bits per heavy atom. The Kier molecular flexibility index (Phi) is 5.43. The van der Waals surface area contributed by atoms with Gasteiger partial charge in [-0.2, -0.15) is 0 Å². The average Bonchev–Trinajstić information content (AvgIpc) is 2.57. The molecule has 4 heteroatoms. The van der Waals surface area contributed by atoms with Crippen molar-refractivity contribution in [2.24, 2.45) is 5.92 Å². The number of aromatic nitrogens is 1. The first-order valence-corrected chi connectivity index (χ1v) is 8.74. The quantitative estimate of drug-likeness (QED) is 0.930. The van der Waals surface area contributed by atoms with Gasteiger partial charge in [0.1, 0.15) is 0 Å². The summed E-state index contributed by atoms with van der Waals surface area (Å²) in [4.78, 5) is 19.3. The zero-order valence-electron chi connectivity index (χ0n) is 13.3. The summed E-state index contributed by atoms with van der Waals surface area (Å²) in [6.45, 7) is 2.80. The van der Waals surface area contributed by atoms with E-state index in [0.717, 1.165) is 51.0 Å². The van der Waals surface area contributed by atoms with Crippen molar-refractivity contribution in [3.05, 3.63) is 30.1 Å². The van der Waals surface area contributed by atoms with Crippen LogP contribution in [0.5, 0.6) is 0 Å². The van der Waals surface area contributed by atoms with Crippen molar-refractivity contribution in [1.82, 2.24) is 15.2 Å². The minimum absolute atomic E-state index is 0.152. The van der Waals surface area contributed by atoms with E-state index in [9.17, 15) is 4.79 Å². The molecule has 2 fully saturated rings. The molecular weight excluding hydrogens is 274 g/mol. The predicted molar refractivity (Wildman–Crippen MR) is 87.3 cm³/mol. The number of hydrogen-bond acceptors (Lipinski definition) is 3. The highest BCUT2D eigenvalue weighted by Gasteiger charge is 2.27. The second-order valence-corrected chi connectivity index (χ2v) is 6.74. The number of rotatable bonds is 4. The number of amides is 1.